The van der Waals surface area contributed by atoms with Gasteiger partial charge in [-0.15, -0.1) is 24.0 Å². The molecule has 0 unspecified atom stereocenters. The summed E-state index contributed by atoms with van der Waals surface area (Å²) in [7, 11) is 0. The van der Waals surface area contributed by atoms with Crippen molar-refractivity contribution in [2.24, 2.45) is 4.99 Å². The molecule has 2 aliphatic heterocycles. The van der Waals surface area contributed by atoms with Crippen LogP contribution in [-0.4, -0.2) is 70.9 Å². The van der Waals surface area contributed by atoms with Crippen LogP contribution in [0.25, 0.3) is 0 Å². The van der Waals surface area contributed by atoms with E-state index in [4.69, 9.17) is 4.99 Å². The van der Waals surface area contributed by atoms with E-state index in [-0.39, 0.29) is 29.9 Å². The maximum Gasteiger partial charge on any atom is 0.225 e. The maximum atomic E-state index is 11.9. The van der Waals surface area contributed by atoms with Crippen LogP contribution in [0.15, 0.2) is 47.7 Å². The van der Waals surface area contributed by atoms with E-state index in [0.717, 1.165) is 63.2 Å². The van der Waals surface area contributed by atoms with Crippen molar-refractivity contribution >= 4 is 41.8 Å². The number of hydrogen-bond acceptors (Lipinski definition) is 5. The molecule has 2 fully saturated rings. The number of carbonyl (C=O) groups excluding carboxylic acids is 1. The third kappa shape index (κ3) is 6.30. The third-order valence-corrected chi connectivity index (χ3v) is 5.70. The van der Waals surface area contributed by atoms with Crippen LogP contribution in [0, 0.1) is 0 Å². The predicted octanol–water partition coefficient (Wildman–Crippen LogP) is 2.50. The summed E-state index contributed by atoms with van der Waals surface area (Å²) in [6.07, 6.45) is 5.22. The van der Waals surface area contributed by atoms with Gasteiger partial charge in [0.15, 0.2) is 5.96 Å². The van der Waals surface area contributed by atoms with E-state index < -0.39 is 0 Å². The zero-order valence-electron chi connectivity index (χ0n) is 18.6. The molecule has 2 aliphatic rings. The number of amides is 1. The third-order valence-electron chi connectivity index (χ3n) is 5.70. The van der Waals surface area contributed by atoms with Gasteiger partial charge in [0.05, 0.1) is 6.54 Å². The van der Waals surface area contributed by atoms with Crippen LogP contribution in [0.3, 0.4) is 0 Å². The first-order chi connectivity index (χ1) is 15.2. The van der Waals surface area contributed by atoms with Gasteiger partial charge in [-0.1, -0.05) is 24.3 Å². The van der Waals surface area contributed by atoms with Gasteiger partial charge < -0.3 is 20.0 Å². The van der Waals surface area contributed by atoms with E-state index in [1.807, 2.05) is 11.0 Å². The lowest BCUT2D eigenvalue weighted by Crippen LogP contribution is -2.52. The van der Waals surface area contributed by atoms with Crippen molar-refractivity contribution in [3.8, 4) is 0 Å². The fraction of sp³-hybridized carbons (Fsp3) is 0.478. The van der Waals surface area contributed by atoms with Crippen molar-refractivity contribution in [2.75, 3.05) is 44.2 Å². The summed E-state index contributed by atoms with van der Waals surface area (Å²) >= 11 is 0. The van der Waals surface area contributed by atoms with Gasteiger partial charge in [0.25, 0.3) is 0 Å². The van der Waals surface area contributed by atoms with Gasteiger partial charge in [-0.3, -0.25) is 4.79 Å². The lowest BCUT2D eigenvalue weighted by molar-refractivity contribution is -0.128. The Morgan fingerprint density at radius 3 is 2.50 bits per heavy atom. The molecule has 9 heteroatoms. The van der Waals surface area contributed by atoms with Gasteiger partial charge in [-0.25, -0.2) is 15.0 Å². The number of carbonyl (C=O) groups is 1. The van der Waals surface area contributed by atoms with Gasteiger partial charge in [-0.2, -0.15) is 0 Å². The van der Waals surface area contributed by atoms with Crippen LogP contribution in [0.2, 0.25) is 0 Å². The van der Waals surface area contributed by atoms with Gasteiger partial charge in [0.1, 0.15) is 0 Å². The molecule has 0 aliphatic carbocycles. The lowest BCUT2D eigenvalue weighted by atomic mass is 10.1. The molecule has 1 aromatic carbocycles. The topological polar surface area (TPSA) is 77.0 Å². The summed E-state index contributed by atoms with van der Waals surface area (Å²) in [5, 5.41) is 3.43. The number of likely N-dealkylation sites (tertiary alicyclic amines) is 1. The normalized spacial score (nSPS) is 16.8. The Kier molecular flexibility index (Phi) is 9.07. The first kappa shape index (κ1) is 24.2. The summed E-state index contributed by atoms with van der Waals surface area (Å²) in [5.41, 5.74) is 2.33. The maximum absolute atomic E-state index is 11.9. The highest BCUT2D eigenvalue weighted by Gasteiger charge is 2.21. The van der Waals surface area contributed by atoms with Gasteiger partial charge in [-0.05, 0) is 30.5 Å². The molecule has 2 saturated heterocycles. The van der Waals surface area contributed by atoms with Crippen molar-refractivity contribution < 1.29 is 4.79 Å². The molecule has 172 valence electrons. The summed E-state index contributed by atoms with van der Waals surface area (Å²) in [6, 6.07) is 10.3. The molecule has 1 amide bonds. The molecule has 0 saturated carbocycles. The number of aromatic nitrogens is 2. The number of nitrogens with zero attached hydrogens (tertiary/aromatic N) is 6. The highest BCUT2D eigenvalue weighted by Crippen LogP contribution is 2.16. The summed E-state index contributed by atoms with van der Waals surface area (Å²) in [6.45, 7) is 8.59. The Bertz CT molecular complexity index is 900. The minimum atomic E-state index is 0. The average molecular weight is 549 g/mol. The lowest BCUT2D eigenvalue weighted by Gasteiger charge is -2.36. The number of guanidine groups is 1. The van der Waals surface area contributed by atoms with Crippen molar-refractivity contribution in [3.63, 3.8) is 0 Å². The molecular formula is C23H32IN7O. The second kappa shape index (κ2) is 12.0. The molecule has 3 heterocycles. The number of nitrogens with one attached hydrogen (secondary N) is 1. The van der Waals surface area contributed by atoms with Crippen LogP contribution in [0.1, 0.15) is 30.9 Å². The Morgan fingerprint density at radius 1 is 1.06 bits per heavy atom. The first-order valence-electron chi connectivity index (χ1n) is 11.1. The molecular weight excluding hydrogens is 517 g/mol. The van der Waals surface area contributed by atoms with E-state index in [1.54, 1.807) is 12.4 Å². The quantitative estimate of drug-likeness (QED) is 0.339. The Morgan fingerprint density at radius 2 is 1.81 bits per heavy atom. The van der Waals surface area contributed by atoms with Crippen molar-refractivity contribution in [1.82, 2.24) is 25.1 Å². The van der Waals surface area contributed by atoms with E-state index in [9.17, 15) is 4.79 Å². The Hall–Kier alpha value is -2.43. The number of halogens is 1. The first-order valence-corrected chi connectivity index (χ1v) is 11.1. The Balaban J connectivity index is 0.00000289. The van der Waals surface area contributed by atoms with E-state index in [2.05, 4.69) is 56.3 Å². The molecule has 0 atom stereocenters. The van der Waals surface area contributed by atoms with Crippen LogP contribution in [0.4, 0.5) is 5.95 Å². The molecule has 4 rings (SSSR count). The number of benzene rings is 1. The second-order valence-corrected chi connectivity index (χ2v) is 7.93. The summed E-state index contributed by atoms with van der Waals surface area (Å²) in [4.78, 5) is 32.0. The Labute approximate surface area is 207 Å². The van der Waals surface area contributed by atoms with Gasteiger partial charge in [0, 0.05) is 64.6 Å². The predicted molar refractivity (Wildman–Crippen MR) is 137 cm³/mol. The smallest absolute Gasteiger partial charge is 0.225 e. The molecule has 1 N–H and O–H groups in total. The highest BCUT2D eigenvalue weighted by molar-refractivity contribution is 14.0. The van der Waals surface area contributed by atoms with Crippen molar-refractivity contribution in [3.05, 3.63) is 53.9 Å². The summed E-state index contributed by atoms with van der Waals surface area (Å²) in [5.74, 6) is 1.99. The standard InChI is InChI=1S/C23H31N7O.HI/c1-2-24-22(28-12-14-29(15-13-28)23-25-9-5-10-26-23)27-17-19-6-3-7-20(16-19)18-30-11-4-8-21(30)31;/h3,5-7,9-10,16H,2,4,8,11-15,17-18H2,1H3,(H,24,27);1H. The van der Waals surface area contributed by atoms with Crippen LogP contribution in [-0.2, 0) is 17.9 Å². The fourth-order valence-electron chi connectivity index (χ4n) is 4.08. The summed E-state index contributed by atoms with van der Waals surface area (Å²) < 4.78 is 0. The number of hydrogen-bond donors (Lipinski definition) is 1. The second-order valence-electron chi connectivity index (χ2n) is 7.93. The van der Waals surface area contributed by atoms with E-state index >= 15 is 0 Å². The molecule has 0 radical (unpaired) electrons. The zero-order valence-corrected chi connectivity index (χ0v) is 20.9. The zero-order chi connectivity index (χ0) is 21.5. The molecule has 8 nitrogen and oxygen atoms in total. The van der Waals surface area contributed by atoms with Gasteiger partial charge >= 0.3 is 0 Å². The minimum Gasteiger partial charge on any atom is -0.357 e. The molecule has 2 aromatic rings. The molecule has 1 aromatic heterocycles. The number of piperazine rings is 1. The SMILES string of the molecule is CCNC(=NCc1cccc(CN2CCCC2=O)c1)N1CCN(c2ncccn2)CC1.I. The highest BCUT2D eigenvalue weighted by atomic mass is 127. The van der Waals surface area contributed by atoms with Gasteiger partial charge in [0.2, 0.25) is 11.9 Å². The molecule has 0 bridgehead atoms. The fourth-order valence-corrected chi connectivity index (χ4v) is 4.08. The van der Waals surface area contributed by atoms with E-state index in [0.29, 0.717) is 19.5 Å². The molecule has 0 spiro atoms. The van der Waals surface area contributed by atoms with Crippen LogP contribution in [0.5, 0.6) is 0 Å². The molecule has 32 heavy (non-hydrogen) atoms. The monoisotopic (exact) mass is 549 g/mol. The van der Waals surface area contributed by atoms with Crippen LogP contribution >= 0.6 is 24.0 Å². The number of rotatable bonds is 6. The van der Waals surface area contributed by atoms with E-state index in [1.165, 1.54) is 5.56 Å². The van der Waals surface area contributed by atoms with Crippen molar-refractivity contribution in [1.29, 1.82) is 0 Å². The minimum absolute atomic E-state index is 0. The number of anilines is 1. The van der Waals surface area contributed by atoms with Crippen LogP contribution < -0.4 is 10.2 Å². The number of aliphatic imine (C=N–C) groups is 1. The largest absolute Gasteiger partial charge is 0.357 e. The van der Waals surface area contributed by atoms with Crippen molar-refractivity contribution in [2.45, 2.75) is 32.9 Å². The average Bonchev–Trinajstić information content (AvgIpc) is 3.22.